The molecule has 0 amide bonds. The van der Waals surface area contributed by atoms with E-state index in [1.807, 2.05) is 18.2 Å². The molecule has 1 aliphatic heterocycles. The van der Waals surface area contributed by atoms with Gasteiger partial charge in [-0.15, -0.1) is 0 Å². The summed E-state index contributed by atoms with van der Waals surface area (Å²) in [7, 11) is 0. The second-order valence-corrected chi connectivity index (χ2v) is 5.57. The van der Waals surface area contributed by atoms with Crippen molar-refractivity contribution < 1.29 is 9.53 Å². The number of carbonyl (C=O) groups excluding carboxylic acids is 1. The number of rotatable bonds is 4. The molecule has 1 atom stereocenters. The van der Waals surface area contributed by atoms with Crippen LogP contribution in [0.4, 0.5) is 0 Å². The molecule has 0 saturated heterocycles. The van der Waals surface area contributed by atoms with E-state index >= 15 is 0 Å². The minimum atomic E-state index is -0.219. The lowest BCUT2D eigenvalue weighted by atomic mass is 9.97. The third-order valence-corrected chi connectivity index (χ3v) is 4.28. The van der Waals surface area contributed by atoms with Crippen molar-refractivity contribution in [2.75, 3.05) is 0 Å². The SMILES string of the molecule is O=C(CCC1CCCC1)C1Cc2ccccc2O1. The molecular formula is C16H20O2. The third kappa shape index (κ3) is 2.43. The van der Waals surface area contributed by atoms with Crippen LogP contribution in [-0.2, 0) is 11.2 Å². The van der Waals surface area contributed by atoms with Crippen LogP contribution < -0.4 is 4.74 Å². The fourth-order valence-electron chi connectivity index (χ4n) is 3.17. The number of ether oxygens (including phenoxy) is 1. The van der Waals surface area contributed by atoms with Gasteiger partial charge in [-0.2, -0.15) is 0 Å². The summed E-state index contributed by atoms with van der Waals surface area (Å²) in [5.74, 6) is 1.98. The smallest absolute Gasteiger partial charge is 0.173 e. The summed E-state index contributed by atoms with van der Waals surface area (Å²) in [6, 6.07) is 7.98. The summed E-state index contributed by atoms with van der Waals surface area (Å²) in [4.78, 5) is 12.1. The molecule has 96 valence electrons. The molecule has 0 aromatic heterocycles. The van der Waals surface area contributed by atoms with Crippen molar-refractivity contribution in [2.45, 2.75) is 51.0 Å². The van der Waals surface area contributed by atoms with E-state index in [-0.39, 0.29) is 11.9 Å². The van der Waals surface area contributed by atoms with Crippen molar-refractivity contribution in [3.8, 4) is 5.75 Å². The molecule has 2 heteroatoms. The van der Waals surface area contributed by atoms with Gasteiger partial charge in [-0.25, -0.2) is 0 Å². The van der Waals surface area contributed by atoms with Gasteiger partial charge >= 0.3 is 0 Å². The van der Waals surface area contributed by atoms with Gasteiger partial charge in [0.1, 0.15) is 5.75 Å². The Kier molecular flexibility index (Phi) is 3.35. The Morgan fingerprint density at radius 1 is 1.22 bits per heavy atom. The van der Waals surface area contributed by atoms with E-state index in [4.69, 9.17) is 4.74 Å². The average Bonchev–Trinajstić information content (AvgIpc) is 3.04. The molecule has 1 aromatic carbocycles. The second-order valence-electron chi connectivity index (χ2n) is 5.57. The molecule has 0 radical (unpaired) electrons. The Morgan fingerprint density at radius 2 is 2.00 bits per heavy atom. The molecule has 0 bridgehead atoms. The lowest BCUT2D eigenvalue weighted by molar-refractivity contribution is -0.125. The standard InChI is InChI=1S/C16H20O2/c17-14(10-9-12-5-1-2-6-12)16-11-13-7-3-4-8-15(13)18-16/h3-4,7-8,12,16H,1-2,5-6,9-11H2. The number of ketones is 1. The fourth-order valence-corrected chi connectivity index (χ4v) is 3.17. The summed E-state index contributed by atoms with van der Waals surface area (Å²) in [6.45, 7) is 0. The van der Waals surface area contributed by atoms with Crippen molar-refractivity contribution in [1.29, 1.82) is 0 Å². The Hall–Kier alpha value is -1.31. The fraction of sp³-hybridized carbons (Fsp3) is 0.562. The first-order valence-corrected chi connectivity index (χ1v) is 7.10. The summed E-state index contributed by atoms with van der Waals surface area (Å²) in [5.41, 5.74) is 1.18. The van der Waals surface area contributed by atoms with Crippen LogP contribution >= 0.6 is 0 Å². The van der Waals surface area contributed by atoms with E-state index in [9.17, 15) is 4.79 Å². The third-order valence-electron chi connectivity index (χ3n) is 4.28. The number of carbonyl (C=O) groups is 1. The molecule has 1 unspecified atom stereocenters. The van der Waals surface area contributed by atoms with Crippen molar-refractivity contribution >= 4 is 5.78 Å². The zero-order valence-corrected chi connectivity index (χ0v) is 10.7. The maximum absolute atomic E-state index is 12.1. The summed E-state index contributed by atoms with van der Waals surface area (Å²) >= 11 is 0. The highest BCUT2D eigenvalue weighted by Gasteiger charge is 2.28. The number of benzene rings is 1. The largest absolute Gasteiger partial charge is 0.482 e. The van der Waals surface area contributed by atoms with Gasteiger partial charge in [-0.3, -0.25) is 4.79 Å². The molecule has 1 heterocycles. The van der Waals surface area contributed by atoms with E-state index in [0.717, 1.165) is 24.5 Å². The monoisotopic (exact) mass is 244 g/mol. The Labute approximate surface area is 108 Å². The van der Waals surface area contributed by atoms with Gasteiger partial charge in [0, 0.05) is 12.8 Å². The number of hydrogen-bond acceptors (Lipinski definition) is 2. The van der Waals surface area contributed by atoms with Crippen LogP contribution in [0.15, 0.2) is 24.3 Å². The van der Waals surface area contributed by atoms with Crippen molar-refractivity contribution in [1.82, 2.24) is 0 Å². The van der Waals surface area contributed by atoms with Crippen LogP contribution in [0.1, 0.15) is 44.1 Å². The van der Waals surface area contributed by atoms with Gasteiger partial charge in [0.25, 0.3) is 0 Å². The number of fused-ring (bicyclic) bond motifs is 1. The van der Waals surface area contributed by atoms with Crippen LogP contribution in [0.3, 0.4) is 0 Å². The highest BCUT2D eigenvalue weighted by molar-refractivity contribution is 5.84. The maximum atomic E-state index is 12.1. The highest BCUT2D eigenvalue weighted by atomic mass is 16.5. The molecule has 2 nitrogen and oxygen atoms in total. The zero-order chi connectivity index (χ0) is 12.4. The van der Waals surface area contributed by atoms with E-state index in [1.165, 1.54) is 31.2 Å². The number of Topliss-reactive ketones (excluding diaryl/α,β-unsaturated/α-hetero) is 1. The van der Waals surface area contributed by atoms with Crippen LogP contribution in [0.5, 0.6) is 5.75 Å². The van der Waals surface area contributed by atoms with E-state index in [1.54, 1.807) is 0 Å². The quantitative estimate of drug-likeness (QED) is 0.810. The summed E-state index contributed by atoms with van der Waals surface area (Å²) in [6.07, 6.45) is 7.65. The van der Waals surface area contributed by atoms with Crippen molar-refractivity contribution in [2.24, 2.45) is 5.92 Å². The lowest BCUT2D eigenvalue weighted by Crippen LogP contribution is -2.25. The molecule has 1 saturated carbocycles. The van der Waals surface area contributed by atoms with Crippen LogP contribution in [0.2, 0.25) is 0 Å². The number of para-hydroxylation sites is 1. The van der Waals surface area contributed by atoms with Gasteiger partial charge < -0.3 is 4.74 Å². The molecule has 0 N–H and O–H groups in total. The molecule has 18 heavy (non-hydrogen) atoms. The van der Waals surface area contributed by atoms with E-state index < -0.39 is 0 Å². The van der Waals surface area contributed by atoms with Gasteiger partial charge in [-0.05, 0) is 24.0 Å². The van der Waals surface area contributed by atoms with Gasteiger partial charge in [0.2, 0.25) is 0 Å². The predicted molar refractivity (Wildman–Crippen MR) is 70.8 cm³/mol. The zero-order valence-electron chi connectivity index (χ0n) is 10.7. The minimum Gasteiger partial charge on any atom is -0.482 e. The molecule has 2 aliphatic rings. The molecule has 1 fully saturated rings. The van der Waals surface area contributed by atoms with Crippen molar-refractivity contribution in [3.05, 3.63) is 29.8 Å². The first kappa shape index (κ1) is 11.8. The maximum Gasteiger partial charge on any atom is 0.173 e. The summed E-state index contributed by atoms with van der Waals surface area (Å²) in [5, 5.41) is 0. The Bertz CT molecular complexity index is 407. The first-order chi connectivity index (χ1) is 8.83. The van der Waals surface area contributed by atoms with Crippen LogP contribution in [0.25, 0.3) is 0 Å². The molecular weight excluding hydrogens is 224 g/mol. The first-order valence-electron chi connectivity index (χ1n) is 7.10. The molecule has 1 aliphatic carbocycles. The summed E-state index contributed by atoms with van der Waals surface area (Å²) < 4.78 is 5.73. The minimum absolute atomic E-state index is 0.219. The second kappa shape index (κ2) is 5.13. The average molecular weight is 244 g/mol. The van der Waals surface area contributed by atoms with Gasteiger partial charge in [0.05, 0.1) is 0 Å². The number of hydrogen-bond donors (Lipinski definition) is 0. The van der Waals surface area contributed by atoms with Gasteiger partial charge in [0.15, 0.2) is 11.9 Å². The molecule has 0 spiro atoms. The predicted octanol–water partition coefficient (Wildman–Crippen LogP) is 3.53. The van der Waals surface area contributed by atoms with E-state index in [0.29, 0.717) is 6.42 Å². The van der Waals surface area contributed by atoms with Gasteiger partial charge in [-0.1, -0.05) is 43.9 Å². The topological polar surface area (TPSA) is 26.3 Å². The highest BCUT2D eigenvalue weighted by Crippen LogP contribution is 2.31. The van der Waals surface area contributed by atoms with Crippen LogP contribution in [0, 0.1) is 5.92 Å². The normalized spacial score (nSPS) is 22.8. The molecule has 1 aromatic rings. The van der Waals surface area contributed by atoms with E-state index in [2.05, 4.69) is 6.07 Å². The van der Waals surface area contributed by atoms with Crippen molar-refractivity contribution in [3.63, 3.8) is 0 Å². The molecule has 3 rings (SSSR count). The Morgan fingerprint density at radius 3 is 2.78 bits per heavy atom. The lowest BCUT2D eigenvalue weighted by Gasteiger charge is -2.12. The Balaban J connectivity index is 1.52. The van der Waals surface area contributed by atoms with Crippen LogP contribution in [-0.4, -0.2) is 11.9 Å².